The van der Waals surface area contributed by atoms with Crippen molar-refractivity contribution < 1.29 is 0 Å². The van der Waals surface area contributed by atoms with E-state index in [0.29, 0.717) is 0 Å². The molecule has 1 aliphatic rings. The molecule has 0 radical (unpaired) electrons. The topological polar surface area (TPSA) is 42.2 Å². The van der Waals surface area contributed by atoms with Crippen LogP contribution in [0.15, 0.2) is 35.5 Å². The number of fused-ring (bicyclic) bond motifs is 1. The molecule has 3 rings (SSSR count). The molecular weight excluding hydrogens is 212 g/mol. The van der Waals surface area contributed by atoms with Gasteiger partial charge in [-0.1, -0.05) is 18.2 Å². The third-order valence-corrected chi connectivity index (χ3v) is 3.00. The number of aliphatic imine (C=N–C) groups is 1. The summed E-state index contributed by atoms with van der Waals surface area (Å²) in [6.45, 7) is 5.87. The highest BCUT2D eigenvalue weighted by Crippen LogP contribution is 2.14. The molecule has 4 heteroatoms. The van der Waals surface area contributed by atoms with Crippen LogP contribution < -0.4 is 5.32 Å². The number of nitrogens with zero attached hydrogens (tertiary/aromatic N) is 3. The Labute approximate surface area is 100 Å². The Hall–Kier alpha value is -1.84. The Morgan fingerprint density at radius 2 is 2.18 bits per heavy atom. The summed E-state index contributed by atoms with van der Waals surface area (Å²) in [6.07, 6.45) is 1.90. The fourth-order valence-electron chi connectivity index (χ4n) is 2.15. The summed E-state index contributed by atoms with van der Waals surface area (Å²) in [6, 6.07) is 8.23. The second kappa shape index (κ2) is 3.58. The molecule has 4 nitrogen and oxygen atoms in total. The standard InChI is InChI=1S/C13H16N4/c1-13(2)9-14-12(16-13)8-17-11-6-4-3-5-10(11)7-15-17/h3-7H,8-9H2,1-2H3,(H,14,16). The van der Waals surface area contributed by atoms with E-state index in [1.807, 2.05) is 23.0 Å². The number of nitrogens with one attached hydrogen (secondary N) is 1. The predicted molar refractivity (Wildman–Crippen MR) is 69.2 cm³/mol. The third kappa shape index (κ3) is 1.90. The van der Waals surface area contributed by atoms with Crippen molar-refractivity contribution in [2.24, 2.45) is 4.99 Å². The van der Waals surface area contributed by atoms with Crippen molar-refractivity contribution in [3.63, 3.8) is 0 Å². The van der Waals surface area contributed by atoms with Crippen LogP contribution in [0.5, 0.6) is 0 Å². The maximum atomic E-state index is 4.51. The van der Waals surface area contributed by atoms with Gasteiger partial charge in [-0.25, -0.2) is 0 Å². The van der Waals surface area contributed by atoms with E-state index in [4.69, 9.17) is 0 Å². The second-order valence-electron chi connectivity index (χ2n) is 5.13. The van der Waals surface area contributed by atoms with Crippen molar-refractivity contribution in [1.82, 2.24) is 15.1 Å². The van der Waals surface area contributed by atoms with Crippen LogP contribution >= 0.6 is 0 Å². The van der Waals surface area contributed by atoms with Gasteiger partial charge in [0.15, 0.2) is 0 Å². The molecule has 0 aliphatic carbocycles. The Bertz CT molecular complexity index is 580. The Morgan fingerprint density at radius 3 is 2.94 bits per heavy atom. The molecule has 0 spiro atoms. The highest BCUT2D eigenvalue weighted by atomic mass is 15.3. The molecule has 17 heavy (non-hydrogen) atoms. The minimum absolute atomic E-state index is 0.0816. The molecule has 1 aromatic carbocycles. The van der Waals surface area contributed by atoms with Gasteiger partial charge in [0.25, 0.3) is 0 Å². The average molecular weight is 228 g/mol. The maximum Gasteiger partial charge on any atom is 0.119 e. The number of hydrogen-bond acceptors (Lipinski definition) is 3. The van der Waals surface area contributed by atoms with E-state index in [0.717, 1.165) is 24.4 Å². The van der Waals surface area contributed by atoms with Gasteiger partial charge in [-0.2, -0.15) is 5.10 Å². The van der Waals surface area contributed by atoms with Crippen molar-refractivity contribution in [3.8, 4) is 0 Å². The van der Waals surface area contributed by atoms with Crippen molar-refractivity contribution in [2.45, 2.75) is 25.9 Å². The van der Waals surface area contributed by atoms with Gasteiger partial charge in [-0.3, -0.25) is 9.67 Å². The third-order valence-electron chi connectivity index (χ3n) is 3.00. The zero-order valence-electron chi connectivity index (χ0n) is 10.1. The van der Waals surface area contributed by atoms with Gasteiger partial charge in [0.05, 0.1) is 30.3 Å². The Morgan fingerprint density at radius 1 is 1.35 bits per heavy atom. The lowest BCUT2D eigenvalue weighted by Crippen LogP contribution is -2.40. The number of amidine groups is 1. The lowest BCUT2D eigenvalue weighted by atomic mass is 10.1. The molecule has 2 heterocycles. The molecule has 0 bridgehead atoms. The molecule has 0 fully saturated rings. The minimum Gasteiger partial charge on any atom is -0.366 e. The summed E-state index contributed by atoms with van der Waals surface area (Å²) < 4.78 is 1.99. The maximum absolute atomic E-state index is 4.51. The molecule has 1 N–H and O–H groups in total. The van der Waals surface area contributed by atoms with Crippen molar-refractivity contribution in [3.05, 3.63) is 30.5 Å². The van der Waals surface area contributed by atoms with E-state index in [-0.39, 0.29) is 5.54 Å². The average Bonchev–Trinajstić information content (AvgIpc) is 2.84. The first-order valence-electron chi connectivity index (χ1n) is 5.86. The molecule has 0 saturated carbocycles. The summed E-state index contributed by atoms with van der Waals surface area (Å²) in [5.74, 6) is 1.02. The van der Waals surface area contributed by atoms with Crippen LogP contribution in [0.4, 0.5) is 0 Å². The Balaban J connectivity index is 1.87. The van der Waals surface area contributed by atoms with Gasteiger partial charge >= 0.3 is 0 Å². The normalized spacial score (nSPS) is 18.1. The van der Waals surface area contributed by atoms with Gasteiger partial charge in [-0.05, 0) is 19.9 Å². The van der Waals surface area contributed by atoms with Crippen LogP contribution in [-0.4, -0.2) is 27.7 Å². The number of rotatable bonds is 2. The molecule has 1 aromatic heterocycles. The number of aromatic nitrogens is 2. The minimum atomic E-state index is 0.0816. The summed E-state index contributed by atoms with van der Waals surface area (Å²) in [4.78, 5) is 4.51. The monoisotopic (exact) mass is 228 g/mol. The van der Waals surface area contributed by atoms with Crippen molar-refractivity contribution in [2.75, 3.05) is 6.54 Å². The van der Waals surface area contributed by atoms with Crippen LogP contribution in [0.2, 0.25) is 0 Å². The van der Waals surface area contributed by atoms with E-state index >= 15 is 0 Å². The number of hydrogen-bond donors (Lipinski definition) is 1. The van der Waals surface area contributed by atoms with E-state index in [9.17, 15) is 0 Å². The van der Waals surface area contributed by atoms with E-state index in [2.05, 4.69) is 41.4 Å². The summed E-state index contributed by atoms with van der Waals surface area (Å²) >= 11 is 0. The first-order chi connectivity index (χ1) is 8.14. The predicted octanol–water partition coefficient (Wildman–Crippen LogP) is 1.82. The van der Waals surface area contributed by atoms with Crippen LogP contribution in [0.25, 0.3) is 10.9 Å². The van der Waals surface area contributed by atoms with Gasteiger partial charge in [0.2, 0.25) is 0 Å². The smallest absolute Gasteiger partial charge is 0.119 e. The largest absolute Gasteiger partial charge is 0.366 e. The number of para-hydroxylation sites is 1. The van der Waals surface area contributed by atoms with Crippen LogP contribution in [0.1, 0.15) is 13.8 Å². The zero-order chi connectivity index (χ0) is 11.9. The molecule has 0 atom stereocenters. The Kier molecular flexibility index (Phi) is 2.18. The number of benzene rings is 1. The van der Waals surface area contributed by atoms with E-state index < -0.39 is 0 Å². The van der Waals surface area contributed by atoms with Gasteiger partial charge < -0.3 is 5.32 Å². The molecular formula is C13H16N4. The summed E-state index contributed by atoms with van der Waals surface area (Å²) in [7, 11) is 0. The first kappa shape index (κ1) is 10.3. The molecule has 1 aliphatic heterocycles. The summed E-state index contributed by atoms with van der Waals surface area (Å²) in [5.41, 5.74) is 1.24. The van der Waals surface area contributed by atoms with Gasteiger partial charge in [0, 0.05) is 5.39 Å². The molecule has 0 saturated heterocycles. The highest BCUT2D eigenvalue weighted by Gasteiger charge is 2.24. The lowest BCUT2D eigenvalue weighted by molar-refractivity contribution is 0.502. The van der Waals surface area contributed by atoms with Crippen molar-refractivity contribution >= 4 is 16.7 Å². The molecule has 0 amide bonds. The zero-order valence-corrected chi connectivity index (χ0v) is 10.1. The quantitative estimate of drug-likeness (QED) is 0.852. The molecule has 2 aromatic rings. The highest BCUT2D eigenvalue weighted by molar-refractivity contribution is 5.86. The fraction of sp³-hybridized carbons (Fsp3) is 0.385. The van der Waals surface area contributed by atoms with Crippen LogP contribution in [0, 0.1) is 0 Å². The molecule has 88 valence electrons. The second-order valence-corrected chi connectivity index (χ2v) is 5.13. The van der Waals surface area contributed by atoms with Gasteiger partial charge in [-0.15, -0.1) is 0 Å². The van der Waals surface area contributed by atoms with Crippen molar-refractivity contribution in [1.29, 1.82) is 0 Å². The van der Waals surface area contributed by atoms with Gasteiger partial charge in [0.1, 0.15) is 5.84 Å². The summed E-state index contributed by atoms with van der Waals surface area (Å²) in [5, 5.41) is 9.00. The van der Waals surface area contributed by atoms with E-state index in [1.54, 1.807) is 0 Å². The SMILES string of the molecule is CC1(C)CN=C(Cn2ncc3ccccc32)N1. The molecule has 0 unspecified atom stereocenters. The van der Waals surface area contributed by atoms with Crippen LogP contribution in [0.3, 0.4) is 0 Å². The van der Waals surface area contributed by atoms with E-state index in [1.165, 1.54) is 5.39 Å². The first-order valence-corrected chi connectivity index (χ1v) is 5.86. The lowest BCUT2D eigenvalue weighted by Gasteiger charge is -2.18. The fourth-order valence-corrected chi connectivity index (χ4v) is 2.15. The van der Waals surface area contributed by atoms with Crippen LogP contribution in [-0.2, 0) is 6.54 Å².